The number of aromatic nitrogens is 2. The van der Waals surface area contributed by atoms with Crippen molar-refractivity contribution in [3.8, 4) is 11.3 Å². The molecule has 2 N–H and O–H groups in total. The Balaban J connectivity index is 1.88. The summed E-state index contributed by atoms with van der Waals surface area (Å²) in [6, 6.07) is 5.90. The fraction of sp³-hybridized carbons (Fsp3) is 0.375. The van der Waals surface area contributed by atoms with Gasteiger partial charge in [0.1, 0.15) is 5.82 Å². The number of halogens is 3. The zero-order valence-corrected chi connectivity index (χ0v) is 12.7. The van der Waals surface area contributed by atoms with Crippen molar-refractivity contribution in [3.05, 3.63) is 41.8 Å². The lowest BCUT2D eigenvalue weighted by atomic mass is 9.93. The number of hydrogen-bond donors (Lipinski definition) is 2. The average molecular weight is 339 g/mol. The number of nitrogens with zero attached hydrogens (tertiary/aromatic N) is 2. The number of aliphatic hydroxyl groups is 1. The molecule has 1 aliphatic heterocycles. The van der Waals surface area contributed by atoms with E-state index in [2.05, 4.69) is 10.2 Å². The van der Waals surface area contributed by atoms with Crippen LogP contribution in [0.2, 0.25) is 0 Å². The lowest BCUT2D eigenvalue weighted by molar-refractivity contribution is -0.113. The summed E-state index contributed by atoms with van der Waals surface area (Å²) in [5.41, 5.74) is 0.498. The number of carbonyl (C=O) groups is 1. The predicted molar refractivity (Wildman–Crippen MR) is 80.0 cm³/mol. The number of alkyl halides is 2. The van der Waals surface area contributed by atoms with Crippen molar-refractivity contribution in [3.63, 3.8) is 0 Å². The van der Waals surface area contributed by atoms with Crippen molar-refractivity contribution in [1.82, 2.24) is 15.1 Å². The van der Waals surface area contributed by atoms with E-state index in [0.717, 1.165) is 0 Å². The van der Waals surface area contributed by atoms with Crippen molar-refractivity contribution >= 4 is 5.91 Å². The summed E-state index contributed by atoms with van der Waals surface area (Å²) >= 11 is 0. The first kappa shape index (κ1) is 16.5. The van der Waals surface area contributed by atoms with Crippen LogP contribution < -0.4 is 0 Å². The molecule has 1 aromatic heterocycles. The Morgan fingerprint density at radius 3 is 2.88 bits per heavy atom. The number of rotatable bonds is 3. The van der Waals surface area contributed by atoms with Gasteiger partial charge in [-0.15, -0.1) is 0 Å². The summed E-state index contributed by atoms with van der Waals surface area (Å²) in [4.78, 5) is 13.9. The number of carbonyl (C=O) groups excluding carboxylic acids is 1. The third-order valence-electron chi connectivity index (χ3n) is 4.27. The monoisotopic (exact) mass is 339 g/mol. The fourth-order valence-electron chi connectivity index (χ4n) is 2.84. The Hall–Kier alpha value is -2.35. The van der Waals surface area contributed by atoms with Gasteiger partial charge >= 0.3 is 0 Å². The summed E-state index contributed by atoms with van der Waals surface area (Å²) in [6.45, 7) is -1.10. The number of aromatic amines is 1. The largest absolute Gasteiger partial charge is 0.396 e. The molecule has 1 atom stereocenters. The van der Waals surface area contributed by atoms with Gasteiger partial charge in [-0.1, -0.05) is 12.1 Å². The second kappa shape index (κ2) is 6.27. The number of amides is 1. The van der Waals surface area contributed by atoms with E-state index in [9.17, 15) is 18.0 Å². The second-order valence-electron chi connectivity index (χ2n) is 5.78. The van der Waals surface area contributed by atoms with Gasteiger partial charge in [0, 0.05) is 25.1 Å². The first-order valence-corrected chi connectivity index (χ1v) is 7.50. The lowest BCUT2D eigenvalue weighted by Gasteiger charge is -2.37. The minimum absolute atomic E-state index is 0.113. The summed E-state index contributed by atoms with van der Waals surface area (Å²) in [5, 5.41) is 15.5. The van der Waals surface area contributed by atoms with Crippen LogP contribution in [0.3, 0.4) is 0 Å². The Morgan fingerprint density at radius 1 is 1.42 bits per heavy atom. The van der Waals surface area contributed by atoms with Crippen LogP contribution in [0.1, 0.15) is 16.8 Å². The first-order valence-electron chi connectivity index (χ1n) is 7.50. The van der Waals surface area contributed by atoms with Crippen LogP contribution in [0, 0.1) is 11.7 Å². The maximum atomic E-state index is 14.0. The molecule has 1 aromatic carbocycles. The highest BCUT2D eigenvalue weighted by Crippen LogP contribution is 2.34. The van der Waals surface area contributed by atoms with Gasteiger partial charge < -0.3 is 10.0 Å². The van der Waals surface area contributed by atoms with E-state index in [4.69, 9.17) is 5.11 Å². The number of nitrogens with one attached hydrogen (secondary N) is 1. The van der Waals surface area contributed by atoms with Crippen LogP contribution in [0.15, 0.2) is 30.5 Å². The predicted octanol–water partition coefficient (Wildman–Crippen LogP) is 2.31. The van der Waals surface area contributed by atoms with Gasteiger partial charge in [-0.2, -0.15) is 5.10 Å². The normalized spacial score (nSPS) is 20.2. The lowest BCUT2D eigenvalue weighted by Crippen LogP contribution is -2.50. The fourth-order valence-corrected chi connectivity index (χ4v) is 2.84. The van der Waals surface area contributed by atoms with Crippen molar-refractivity contribution < 1.29 is 23.1 Å². The maximum absolute atomic E-state index is 14.0. The van der Waals surface area contributed by atoms with E-state index < -0.39 is 36.6 Å². The van der Waals surface area contributed by atoms with E-state index in [0.29, 0.717) is 0 Å². The molecular formula is C16H16F3N3O2. The molecule has 2 aromatic rings. The molecule has 0 saturated carbocycles. The quantitative estimate of drug-likeness (QED) is 0.902. The molecule has 0 bridgehead atoms. The Kier molecular flexibility index (Phi) is 4.31. The second-order valence-corrected chi connectivity index (χ2v) is 5.78. The molecule has 1 aliphatic rings. The van der Waals surface area contributed by atoms with Gasteiger partial charge in [-0.05, 0) is 12.1 Å². The summed E-state index contributed by atoms with van der Waals surface area (Å²) in [7, 11) is 0. The molecule has 3 rings (SSSR count). The van der Waals surface area contributed by atoms with Gasteiger partial charge in [0.25, 0.3) is 11.8 Å². The maximum Gasteiger partial charge on any atom is 0.257 e. The number of hydrogen-bond acceptors (Lipinski definition) is 3. The summed E-state index contributed by atoms with van der Waals surface area (Å²) in [5.74, 6) is -5.35. The summed E-state index contributed by atoms with van der Waals surface area (Å²) in [6.07, 6.45) is 0.738. The van der Waals surface area contributed by atoms with Gasteiger partial charge in [0.05, 0.1) is 30.0 Å². The molecule has 1 fully saturated rings. The standard InChI is InChI=1S/C16H16F3N3O2/c17-13-4-2-1-3-11(13)14-12(7-20-21-14)15(24)22-6-5-16(18,19)10(8-22)9-23/h1-4,7,10,23H,5-6,8-9H2,(H,20,21). The average Bonchev–Trinajstić information content (AvgIpc) is 3.04. The molecule has 1 amide bonds. The van der Waals surface area contributed by atoms with Crippen molar-refractivity contribution in [2.75, 3.05) is 19.7 Å². The number of piperidine rings is 1. The van der Waals surface area contributed by atoms with E-state index in [1.807, 2.05) is 0 Å². The summed E-state index contributed by atoms with van der Waals surface area (Å²) < 4.78 is 41.3. The third kappa shape index (κ3) is 2.89. The van der Waals surface area contributed by atoms with E-state index in [1.165, 1.54) is 29.3 Å². The minimum Gasteiger partial charge on any atom is -0.396 e. The van der Waals surface area contributed by atoms with Crippen LogP contribution >= 0.6 is 0 Å². The van der Waals surface area contributed by atoms with E-state index in [1.54, 1.807) is 6.07 Å². The molecule has 0 spiro atoms. The molecule has 1 saturated heterocycles. The number of likely N-dealkylation sites (tertiary alicyclic amines) is 1. The van der Waals surface area contributed by atoms with Gasteiger partial charge in [0.2, 0.25) is 0 Å². The SMILES string of the molecule is O=C(c1cn[nH]c1-c1ccccc1F)N1CCC(F)(F)C(CO)C1. The molecule has 0 radical (unpaired) electrons. The van der Waals surface area contributed by atoms with Crippen LogP contribution in [-0.4, -0.2) is 51.7 Å². The van der Waals surface area contributed by atoms with Crippen LogP contribution in [-0.2, 0) is 0 Å². The molecule has 24 heavy (non-hydrogen) atoms. The van der Waals surface area contributed by atoms with Crippen LogP contribution in [0.5, 0.6) is 0 Å². The van der Waals surface area contributed by atoms with Crippen molar-refractivity contribution in [1.29, 1.82) is 0 Å². The molecular weight excluding hydrogens is 323 g/mol. The number of H-pyrrole nitrogens is 1. The third-order valence-corrected chi connectivity index (χ3v) is 4.27. The molecule has 8 heteroatoms. The number of benzene rings is 1. The highest BCUT2D eigenvalue weighted by molar-refractivity contribution is 5.99. The topological polar surface area (TPSA) is 69.2 Å². The van der Waals surface area contributed by atoms with Gasteiger partial charge in [0.15, 0.2) is 0 Å². The molecule has 2 heterocycles. The Morgan fingerprint density at radius 2 is 2.17 bits per heavy atom. The number of aliphatic hydroxyl groups excluding tert-OH is 1. The molecule has 5 nitrogen and oxygen atoms in total. The van der Waals surface area contributed by atoms with E-state index >= 15 is 0 Å². The highest BCUT2D eigenvalue weighted by Gasteiger charge is 2.45. The van der Waals surface area contributed by atoms with Crippen LogP contribution in [0.25, 0.3) is 11.3 Å². The van der Waals surface area contributed by atoms with E-state index in [-0.39, 0.29) is 29.9 Å². The Bertz CT molecular complexity index is 748. The highest BCUT2D eigenvalue weighted by atomic mass is 19.3. The molecule has 1 unspecified atom stereocenters. The minimum atomic E-state index is -3.00. The first-order chi connectivity index (χ1) is 11.4. The van der Waals surface area contributed by atoms with Gasteiger partial charge in [-0.3, -0.25) is 9.89 Å². The van der Waals surface area contributed by atoms with Crippen molar-refractivity contribution in [2.45, 2.75) is 12.3 Å². The smallest absolute Gasteiger partial charge is 0.257 e. The zero-order chi connectivity index (χ0) is 17.3. The molecule has 0 aliphatic carbocycles. The Labute approximate surface area is 136 Å². The molecule has 128 valence electrons. The van der Waals surface area contributed by atoms with Crippen LogP contribution in [0.4, 0.5) is 13.2 Å². The van der Waals surface area contributed by atoms with Gasteiger partial charge in [-0.25, -0.2) is 13.2 Å². The zero-order valence-electron chi connectivity index (χ0n) is 12.7. The van der Waals surface area contributed by atoms with Crippen molar-refractivity contribution in [2.24, 2.45) is 5.92 Å².